The van der Waals surface area contributed by atoms with Crippen molar-refractivity contribution in [2.45, 2.75) is 26.5 Å². The maximum absolute atomic E-state index is 4.46. The molecule has 13 heavy (non-hydrogen) atoms. The minimum absolute atomic E-state index is 0.911. The topological polar surface area (TPSA) is 12.9 Å². The van der Waals surface area contributed by atoms with E-state index in [0.29, 0.717) is 0 Å². The minimum atomic E-state index is 0.911. The predicted octanol–water partition coefficient (Wildman–Crippen LogP) is 3.02. The summed E-state index contributed by atoms with van der Waals surface area (Å²) in [5.74, 6) is 7.82. The lowest BCUT2D eigenvalue weighted by molar-refractivity contribution is 1.17. The molecule has 0 aliphatic carbocycles. The molecule has 0 saturated carbocycles. The van der Waals surface area contributed by atoms with Crippen LogP contribution in [0.5, 0.6) is 0 Å². The first-order valence-electron chi connectivity index (χ1n) is 4.14. The van der Waals surface area contributed by atoms with E-state index in [4.69, 9.17) is 0 Å². The molecule has 3 heteroatoms. The lowest BCUT2D eigenvalue weighted by atomic mass is 10.4. The maximum Gasteiger partial charge on any atom is 0.103 e. The van der Waals surface area contributed by atoms with Gasteiger partial charge >= 0.3 is 0 Å². The summed E-state index contributed by atoms with van der Waals surface area (Å²) < 4.78 is 0. The number of thiazole rings is 1. The molecule has 0 atom stereocenters. The van der Waals surface area contributed by atoms with Crippen LogP contribution in [0.15, 0.2) is 0 Å². The van der Waals surface area contributed by atoms with E-state index >= 15 is 0 Å². The summed E-state index contributed by atoms with van der Waals surface area (Å²) in [6, 6.07) is 0. The first-order chi connectivity index (χ1) is 6.24. The first kappa shape index (κ1) is 10.6. The van der Waals surface area contributed by atoms with Crippen LogP contribution in [0.3, 0.4) is 0 Å². The average molecular weight is 211 g/mol. The van der Waals surface area contributed by atoms with E-state index in [1.807, 2.05) is 18.7 Å². The molecule has 0 saturated heterocycles. The fraction of sp³-hybridized carbons (Fsp3) is 0.500. The van der Waals surface area contributed by atoms with E-state index in [1.165, 1.54) is 15.6 Å². The van der Waals surface area contributed by atoms with Gasteiger partial charge in [-0.05, 0) is 20.8 Å². The van der Waals surface area contributed by atoms with Crippen LogP contribution in [0.25, 0.3) is 0 Å². The standard InChI is InChI=1S/C10H13NS2/c1-4-5-6-12-7-10-11-8(2)9(3)13-10/h6-7H2,1-3H3. The number of rotatable bonds is 3. The fourth-order valence-electron chi connectivity index (χ4n) is 0.862. The molecule has 0 bridgehead atoms. The van der Waals surface area contributed by atoms with Crippen molar-refractivity contribution in [3.63, 3.8) is 0 Å². The smallest absolute Gasteiger partial charge is 0.103 e. The summed E-state index contributed by atoms with van der Waals surface area (Å²) in [6.45, 7) is 6.05. The molecule has 0 amide bonds. The lowest BCUT2D eigenvalue weighted by Crippen LogP contribution is -1.80. The summed E-state index contributed by atoms with van der Waals surface area (Å²) in [6.07, 6.45) is 0. The Morgan fingerprint density at radius 3 is 2.77 bits per heavy atom. The molecular weight excluding hydrogens is 198 g/mol. The monoisotopic (exact) mass is 211 g/mol. The number of hydrogen-bond acceptors (Lipinski definition) is 3. The van der Waals surface area contributed by atoms with Gasteiger partial charge in [0.25, 0.3) is 0 Å². The molecule has 0 fully saturated rings. The Kier molecular flexibility index (Phi) is 4.34. The molecule has 1 aromatic rings. The molecule has 1 heterocycles. The number of aromatic nitrogens is 1. The Balaban J connectivity index is 2.40. The van der Waals surface area contributed by atoms with E-state index in [0.717, 1.165) is 11.5 Å². The second kappa shape index (κ2) is 5.31. The van der Waals surface area contributed by atoms with Gasteiger partial charge in [0.15, 0.2) is 0 Å². The Morgan fingerprint density at radius 2 is 2.23 bits per heavy atom. The molecule has 0 radical (unpaired) electrons. The molecular formula is C10H13NS2. The lowest BCUT2D eigenvalue weighted by Gasteiger charge is -1.90. The van der Waals surface area contributed by atoms with Gasteiger partial charge in [-0.15, -0.1) is 29.0 Å². The summed E-state index contributed by atoms with van der Waals surface area (Å²) in [5, 5.41) is 1.22. The quantitative estimate of drug-likeness (QED) is 0.563. The van der Waals surface area contributed by atoms with Crippen LogP contribution in [-0.4, -0.2) is 10.7 Å². The molecule has 0 aliphatic heterocycles. The molecule has 1 aromatic heterocycles. The van der Waals surface area contributed by atoms with Gasteiger partial charge in [-0.1, -0.05) is 5.92 Å². The van der Waals surface area contributed by atoms with Crippen molar-refractivity contribution in [2.75, 3.05) is 5.75 Å². The van der Waals surface area contributed by atoms with Crippen LogP contribution in [-0.2, 0) is 5.75 Å². The predicted molar refractivity (Wildman–Crippen MR) is 61.2 cm³/mol. The van der Waals surface area contributed by atoms with Crippen molar-refractivity contribution in [3.05, 3.63) is 15.6 Å². The second-order valence-electron chi connectivity index (χ2n) is 2.67. The van der Waals surface area contributed by atoms with Gasteiger partial charge in [-0.3, -0.25) is 0 Å². The second-order valence-corrected chi connectivity index (χ2v) is 4.94. The summed E-state index contributed by atoms with van der Waals surface area (Å²) in [5.41, 5.74) is 1.17. The first-order valence-corrected chi connectivity index (χ1v) is 6.11. The van der Waals surface area contributed by atoms with Gasteiger partial charge < -0.3 is 0 Å². The van der Waals surface area contributed by atoms with Gasteiger partial charge in [0.2, 0.25) is 0 Å². The van der Waals surface area contributed by atoms with Crippen LogP contribution in [0.4, 0.5) is 0 Å². The third-order valence-corrected chi connectivity index (χ3v) is 3.73. The SMILES string of the molecule is CC#CCSCc1nc(C)c(C)s1. The van der Waals surface area contributed by atoms with Crippen LogP contribution >= 0.6 is 23.1 Å². The number of aryl methyl sites for hydroxylation is 2. The van der Waals surface area contributed by atoms with Gasteiger partial charge in [0.05, 0.1) is 11.4 Å². The largest absolute Gasteiger partial charge is 0.245 e. The van der Waals surface area contributed by atoms with E-state index in [1.54, 1.807) is 11.3 Å². The molecule has 1 rings (SSSR count). The number of thioether (sulfide) groups is 1. The van der Waals surface area contributed by atoms with Crippen molar-refractivity contribution in [1.82, 2.24) is 4.98 Å². The Morgan fingerprint density at radius 1 is 1.46 bits per heavy atom. The maximum atomic E-state index is 4.46. The zero-order chi connectivity index (χ0) is 9.68. The normalized spacial score (nSPS) is 9.46. The van der Waals surface area contributed by atoms with Gasteiger partial charge in [-0.2, -0.15) is 0 Å². The summed E-state index contributed by atoms with van der Waals surface area (Å²) in [4.78, 5) is 5.79. The van der Waals surface area contributed by atoms with Crippen LogP contribution in [0.1, 0.15) is 22.5 Å². The highest BCUT2D eigenvalue weighted by atomic mass is 32.2. The highest BCUT2D eigenvalue weighted by molar-refractivity contribution is 7.98. The molecule has 0 aromatic carbocycles. The Labute approximate surface area is 88.0 Å². The van der Waals surface area contributed by atoms with Crippen LogP contribution in [0.2, 0.25) is 0 Å². The van der Waals surface area contributed by atoms with E-state index in [-0.39, 0.29) is 0 Å². The summed E-state index contributed by atoms with van der Waals surface area (Å²) in [7, 11) is 0. The van der Waals surface area contributed by atoms with Crippen molar-refractivity contribution in [1.29, 1.82) is 0 Å². The van der Waals surface area contributed by atoms with Crippen molar-refractivity contribution in [3.8, 4) is 11.8 Å². The van der Waals surface area contributed by atoms with E-state index in [2.05, 4.69) is 30.7 Å². The number of nitrogens with zero attached hydrogens (tertiary/aromatic N) is 1. The Hall–Kier alpha value is -0.460. The van der Waals surface area contributed by atoms with E-state index < -0.39 is 0 Å². The van der Waals surface area contributed by atoms with Crippen molar-refractivity contribution in [2.24, 2.45) is 0 Å². The van der Waals surface area contributed by atoms with Crippen LogP contribution in [0, 0.1) is 25.7 Å². The average Bonchev–Trinajstić information content (AvgIpc) is 2.41. The van der Waals surface area contributed by atoms with E-state index in [9.17, 15) is 0 Å². The van der Waals surface area contributed by atoms with Gasteiger partial charge in [-0.25, -0.2) is 4.98 Å². The molecule has 70 valence electrons. The molecule has 1 nitrogen and oxygen atoms in total. The zero-order valence-corrected chi connectivity index (χ0v) is 9.81. The molecule has 0 spiro atoms. The number of hydrogen-bond donors (Lipinski definition) is 0. The highest BCUT2D eigenvalue weighted by Crippen LogP contribution is 2.20. The van der Waals surface area contributed by atoms with Gasteiger partial charge in [0, 0.05) is 10.6 Å². The fourth-order valence-corrected chi connectivity index (χ4v) is 2.67. The molecule has 0 unspecified atom stereocenters. The van der Waals surface area contributed by atoms with Crippen LogP contribution < -0.4 is 0 Å². The van der Waals surface area contributed by atoms with Gasteiger partial charge in [0.1, 0.15) is 5.01 Å². The zero-order valence-electron chi connectivity index (χ0n) is 8.18. The molecule has 0 N–H and O–H groups in total. The van der Waals surface area contributed by atoms with Crippen molar-refractivity contribution >= 4 is 23.1 Å². The minimum Gasteiger partial charge on any atom is -0.245 e. The van der Waals surface area contributed by atoms with Crippen molar-refractivity contribution < 1.29 is 0 Å². The third-order valence-electron chi connectivity index (χ3n) is 1.65. The summed E-state index contributed by atoms with van der Waals surface area (Å²) >= 11 is 3.62. The Bertz CT molecular complexity index is 311. The highest BCUT2D eigenvalue weighted by Gasteiger charge is 2.02. The third kappa shape index (κ3) is 3.41. The molecule has 0 aliphatic rings.